The first kappa shape index (κ1) is 19.8. The van der Waals surface area contributed by atoms with Crippen LogP contribution in [0.2, 0.25) is 5.02 Å². The molecule has 0 saturated heterocycles. The molecule has 0 aliphatic heterocycles. The van der Waals surface area contributed by atoms with Gasteiger partial charge in [-0.15, -0.1) is 0 Å². The quantitative estimate of drug-likeness (QED) is 0.539. The van der Waals surface area contributed by atoms with E-state index in [4.69, 9.17) is 22.3 Å². The highest BCUT2D eigenvalue weighted by atomic mass is 35.5. The maximum Gasteiger partial charge on any atom is 0.227 e. The lowest BCUT2D eigenvalue weighted by Gasteiger charge is -2.19. The molecule has 0 atom stereocenters. The number of hydrogen-bond acceptors (Lipinski definition) is 6. The number of nitrogen functional groups attached to an aromatic ring is 1. The summed E-state index contributed by atoms with van der Waals surface area (Å²) in [5, 5.41) is 5.81. The molecule has 0 aliphatic carbocycles. The van der Waals surface area contributed by atoms with Crippen LogP contribution in [-0.4, -0.2) is 37.7 Å². The molecule has 3 aromatic heterocycles. The molecular weight excluding hydrogens is 402 g/mol. The molecule has 0 aliphatic rings. The topological polar surface area (TPSA) is 103 Å². The molecule has 0 fully saturated rings. The molecule has 1 aromatic carbocycles. The predicted molar refractivity (Wildman–Crippen MR) is 118 cm³/mol. The molecule has 4 aromatic rings. The van der Waals surface area contributed by atoms with Gasteiger partial charge in [0.25, 0.3) is 0 Å². The number of carbonyl (C=O) groups is 1. The summed E-state index contributed by atoms with van der Waals surface area (Å²) in [4.78, 5) is 27.3. The Kier molecular flexibility index (Phi) is 5.09. The van der Waals surface area contributed by atoms with Crippen molar-refractivity contribution in [2.75, 3.05) is 17.7 Å². The average Bonchev–Trinajstić information content (AvgIpc) is 3.18. The highest BCUT2D eigenvalue weighted by Crippen LogP contribution is 2.36. The molecule has 30 heavy (non-hydrogen) atoms. The van der Waals surface area contributed by atoms with Crippen LogP contribution in [0.15, 0.2) is 42.7 Å². The number of pyridine rings is 1. The summed E-state index contributed by atoms with van der Waals surface area (Å²) in [7, 11) is 3.45. The van der Waals surface area contributed by atoms with Crippen LogP contribution in [0.5, 0.6) is 0 Å². The molecule has 152 valence electrons. The fraction of sp³-hybridized carbons (Fsp3) is 0.190. The molecule has 0 radical (unpaired) electrons. The van der Waals surface area contributed by atoms with Crippen molar-refractivity contribution in [1.82, 2.24) is 24.7 Å². The molecule has 0 spiro atoms. The van der Waals surface area contributed by atoms with Crippen LogP contribution in [-0.2, 0) is 11.8 Å². The SMILES string of the molecule is CCC(=O)N(C)c1nc(-c2cc(Cl)c3ncccc3c2)c(-c2ccn(C)n2)nc1N. The van der Waals surface area contributed by atoms with Crippen LogP contribution in [0, 0.1) is 0 Å². The lowest BCUT2D eigenvalue weighted by Crippen LogP contribution is -2.27. The molecule has 0 bridgehead atoms. The number of aromatic nitrogens is 5. The van der Waals surface area contributed by atoms with Crippen molar-refractivity contribution in [3.8, 4) is 22.6 Å². The minimum absolute atomic E-state index is 0.117. The van der Waals surface area contributed by atoms with E-state index in [0.717, 1.165) is 10.9 Å². The Morgan fingerprint density at radius 3 is 2.73 bits per heavy atom. The second kappa shape index (κ2) is 7.72. The van der Waals surface area contributed by atoms with Crippen molar-refractivity contribution in [2.45, 2.75) is 13.3 Å². The summed E-state index contributed by atoms with van der Waals surface area (Å²) in [6.45, 7) is 1.78. The number of anilines is 2. The number of hydrogen-bond donors (Lipinski definition) is 1. The molecular formula is C21H20ClN7O. The van der Waals surface area contributed by atoms with Crippen molar-refractivity contribution >= 4 is 40.0 Å². The lowest BCUT2D eigenvalue weighted by atomic mass is 10.0. The Bertz CT molecular complexity index is 1270. The van der Waals surface area contributed by atoms with Gasteiger partial charge in [-0.25, -0.2) is 9.97 Å². The zero-order valence-corrected chi connectivity index (χ0v) is 17.6. The summed E-state index contributed by atoms with van der Waals surface area (Å²) in [6.07, 6.45) is 3.83. The Hall–Kier alpha value is -3.52. The first-order valence-electron chi connectivity index (χ1n) is 9.37. The van der Waals surface area contributed by atoms with Gasteiger partial charge in [0.05, 0.1) is 10.5 Å². The van der Waals surface area contributed by atoms with Gasteiger partial charge in [-0.3, -0.25) is 19.4 Å². The zero-order chi connectivity index (χ0) is 21.4. The van der Waals surface area contributed by atoms with Crippen LogP contribution < -0.4 is 10.6 Å². The van der Waals surface area contributed by atoms with E-state index in [-0.39, 0.29) is 11.7 Å². The van der Waals surface area contributed by atoms with E-state index >= 15 is 0 Å². The Morgan fingerprint density at radius 2 is 2.03 bits per heavy atom. The number of halogens is 1. The van der Waals surface area contributed by atoms with Crippen molar-refractivity contribution in [2.24, 2.45) is 7.05 Å². The fourth-order valence-corrected chi connectivity index (χ4v) is 3.52. The van der Waals surface area contributed by atoms with Gasteiger partial charge < -0.3 is 5.73 Å². The van der Waals surface area contributed by atoms with E-state index in [2.05, 4.69) is 15.1 Å². The molecule has 4 rings (SSSR count). The number of nitrogens with two attached hydrogens (primary N) is 1. The van der Waals surface area contributed by atoms with Gasteiger partial charge >= 0.3 is 0 Å². The normalized spacial score (nSPS) is 11.1. The maximum atomic E-state index is 12.3. The Labute approximate surface area is 178 Å². The van der Waals surface area contributed by atoms with Gasteiger partial charge in [0.1, 0.15) is 17.1 Å². The largest absolute Gasteiger partial charge is 0.381 e. The maximum absolute atomic E-state index is 12.3. The van der Waals surface area contributed by atoms with E-state index in [1.807, 2.05) is 37.5 Å². The third kappa shape index (κ3) is 3.46. The number of aryl methyl sites for hydroxylation is 1. The summed E-state index contributed by atoms with van der Waals surface area (Å²) in [6, 6.07) is 9.32. The van der Waals surface area contributed by atoms with Gasteiger partial charge in [0, 0.05) is 43.9 Å². The average molecular weight is 422 g/mol. The minimum Gasteiger partial charge on any atom is -0.381 e. The van der Waals surface area contributed by atoms with Crippen LogP contribution in [0.3, 0.4) is 0 Å². The van der Waals surface area contributed by atoms with Gasteiger partial charge in [-0.1, -0.05) is 24.6 Å². The van der Waals surface area contributed by atoms with Crippen molar-refractivity contribution in [3.63, 3.8) is 0 Å². The van der Waals surface area contributed by atoms with Crippen LogP contribution in [0.1, 0.15) is 13.3 Å². The number of benzene rings is 1. The molecule has 2 N–H and O–H groups in total. The lowest BCUT2D eigenvalue weighted by molar-refractivity contribution is -0.118. The summed E-state index contributed by atoms with van der Waals surface area (Å²) >= 11 is 6.50. The molecule has 1 amide bonds. The minimum atomic E-state index is -0.117. The van der Waals surface area contributed by atoms with E-state index in [0.29, 0.717) is 39.9 Å². The highest BCUT2D eigenvalue weighted by molar-refractivity contribution is 6.35. The van der Waals surface area contributed by atoms with Crippen LogP contribution in [0.25, 0.3) is 33.5 Å². The van der Waals surface area contributed by atoms with Crippen LogP contribution in [0.4, 0.5) is 11.6 Å². The molecule has 8 nitrogen and oxygen atoms in total. The molecule has 3 heterocycles. The Morgan fingerprint density at radius 1 is 1.23 bits per heavy atom. The molecule has 9 heteroatoms. The summed E-state index contributed by atoms with van der Waals surface area (Å²) in [5.74, 6) is 0.324. The van der Waals surface area contributed by atoms with E-state index in [1.54, 1.807) is 30.9 Å². The van der Waals surface area contributed by atoms with Crippen molar-refractivity contribution < 1.29 is 4.79 Å². The van der Waals surface area contributed by atoms with E-state index in [1.165, 1.54) is 4.90 Å². The third-order valence-corrected chi connectivity index (χ3v) is 5.07. The van der Waals surface area contributed by atoms with Gasteiger partial charge in [0.15, 0.2) is 11.6 Å². The van der Waals surface area contributed by atoms with Gasteiger partial charge in [-0.05, 0) is 24.3 Å². The van der Waals surface area contributed by atoms with Crippen molar-refractivity contribution in [1.29, 1.82) is 0 Å². The molecule has 0 unspecified atom stereocenters. The first-order chi connectivity index (χ1) is 14.4. The smallest absolute Gasteiger partial charge is 0.227 e. The monoisotopic (exact) mass is 421 g/mol. The summed E-state index contributed by atoms with van der Waals surface area (Å²) in [5.41, 5.74) is 9.27. The number of nitrogens with zero attached hydrogens (tertiary/aromatic N) is 6. The first-order valence-corrected chi connectivity index (χ1v) is 9.75. The number of carbonyl (C=O) groups excluding carboxylic acids is 1. The highest BCUT2D eigenvalue weighted by Gasteiger charge is 2.22. The van der Waals surface area contributed by atoms with Crippen LogP contribution >= 0.6 is 11.6 Å². The second-order valence-corrected chi connectivity index (χ2v) is 7.25. The van der Waals surface area contributed by atoms with Gasteiger partial charge in [0.2, 0.25) is 5.91 Å². The summed E-state index contributed by atoms with van der Waals surface area (Å²) < 4.78 is 1.68. The number of rotatable bonds is 4. The number of fused-ring (bicyclic) bond motifs is 1. The zero-order valence-electron chi connectivity index (χ0n) is 16.8. The standard InChI is InChI=1S/C21H20ClN7O/c1-4-16(30)29(3)21-20(23)25-19(15-7-9-28(2)27-15)18(26-21)13-10-12-6-5-8-24-17(12)14(22)11-13/h5-11H,4H2,1-3H3,(H2,23,25). The fourth-order valence-electron chi connectivity index (χ4n) is 3.25. The molecule has 0 saturated carbocycles. The van der Waals surface area contributed by atoms with Gasteiger partial charge in [-0.2, -0.15) is 5.10 Å². The predicted octanol–water partition coefficient (Wildman–Crippen LogP) is 3.70. The second-order valence-electron chi connectivity index (χ2n) is 6.84. The Balaban J connectivity index is 1.99. The van der Waals surface area contributed by atoms with E-state index in [9.17, 15) is 4.79 Å². The van der Waals surface area contributed by atoms with E-state index < -0.39 is 0 Å². The number of amides is 1. The third-order valence-electron chi connectivity index (χ3n) is 4.79. The van der Waals surface area contributed by atoms with Crippen molar-refractivity contribution in [3.05, 3.63) is 47.7 Å².